The number of rotatable bonds is 6. The van der Waals surface area contributed by atoms with E-state index in [1.54, 1.807) is 31.5 Å². The van der Waals surface area contributed by atoms with E-state index in [9.17, 15) is 9.59 Å². The number of ether oxygens (including phenoxy) is 1. The maximum atomic E-state index is 11.5. The van der Waals surface area contributed by atoms with Gasteiger partial charge in [-0.1, -0.05) is 0 Å². The molecule has 0 aliphatic carbocycles. The zero-order valence-electron chi connectivity index (χ0n) is 9.81. The maximum Gasteiger partial charge on any atom is 0.307 e. The zero-order chi connectivity index (χ0) is 12.5. The average Bonchev–Trinajstić information content (AvgIpc) is 2.30. The molecule has 17 heavy (non-hydrogen) atoms. The van der Waals surface area contributed by atoms with Crippen molar-refractivity contribution in [3.05, 3.63) is 30.1 Å². The smallest absolute Gasteiger partial charge is 0.307 e. The second kappa shape index (κ2) is 7.38. The molecule has 1 aromatic rings. The van der Waals surface area contributed by atoms with Crippen LogP contribution in [0.15, 0.2) is 24.5 Å². The fourth-order valence-electron chi connectivity index (χ4n) is 1.29. The van der Waals surface area contributed by atoms with Crippen LogP contribution in [0.25, 0.3) is 0 Å². The zero-order valence-corrected chi connectivity index (χ0v) is 9.81. The number of nitrogens with zero attached hydrogens (tertiary/aromatic N) is 1. The lowest BCUT2D eigenvalue weighted by molar-refractivity contribution is -0.143. The number of amides is 1. The van der Waals surface area contributed by atoms with Crippen LogP contribution in [0.3, 0.4) is 0 Å². The Morgan fingerprint density at radius 1 is 1.35 bits per heavy atom. The maximum absolute atomic E-state index is 11.5. The van der Waals surface area contributed by atoms with Gasteiger partial charge < -0.3 is 10.1 Å². The highest BCUT2D eigenvalue weighted by Crippen LogP contribution is 1.97. The van der Waals surface area contributed by atoms with Crippen molar-refractivity contribution < 1.29 is 14.3 Å². The molecule has 0 fully saturated rings. The summed E-state index contributed by atoms with van der Waals surface area (Å²) >= 11 is 0. The van der Waals surface area contributed by atoms with E-state index in [4.69, 9.17) is 4.74 Å². The van der Waals surface area contributed by atoms with Gasteiger partial charge in [-0.25, -0.2) is 0 Å². The van der Waals surface area contributed by atoms with Crippen LogP contribution in [0, 0.1) is 0 Å². The highest BCUT2D eigenvalue weighted by atomic mass is 16.5. The Balaban J connectivity index is 2.20. The van der Waals surface area contributed by atoms with Gasteiger partial charge in [0.2, 0.25) is 5.91 Å². The molecule has 0 aliphatic rings. The molecule has 1 N–H and O–H groups in total. The van der Waals surface area contributed by atoms with Crippen LogP contribution in [0.1, 0.15) is 18.9 Å². The molecule has 1 amide bonds. The van der Waals surface area contributed by atoms with Crippen molar-refractivity contribution in [2.24, 2.45) is 0 Å². The van der Waals surface area contributed by atoms with Gasteiger partial charge in [0, 0.05) is 18.9 Å². The molecule has 0 radical (unpaired) electrons. The fourth-order valence-corrected chi connectivity index (χ4v) is 1.29. The van der Waals surface area contributed by atoms with Gasteiger partial charge in [-0.2, -0.15) is 0 Å². The molecule has 0 spiro atoms. The number of carbonyl (C=O) groups excluding carboxylic acids is 2. The second-order valence-corrected chi connectivity index (χ2v) is 3.44. The first-order valence-electron chi connectivity index (χ1n) is 5.53. The fraction of sp³-hybridized carbons (Fsp3) is 0.417. The van der Waals surface area contributed by atoms with Crippen molar-refractivity contribution in [1.29, 1.82) is 0 Å². The molecule has 0 aliphatic heterocycles. The van der Waals surface area contributed by atoms with E-state index in [1.165, 1.54) is 0 Å². The summed E-state index contributed by atoms with van der Waals surface area (Å²) in [7, 11) is 0. The molecule has 0 aromatic carbocycles. The topological polar surface area (TPSA) is 68.3 Å². The summed E-state index contributed by atoms with van der Waals surface area (Å²) < 4.78 is 4.74. The van der Waals surface area contributed by atoms with Crippen molar-refractivity contribution in [3.8, 4) is 0 Å². The molecule has 0 saturated heterocycles. The largest absolute Gasteiger partial charge is 0.466 e. The van der Waals surface area contributed by atoms with Gasteiger partial charge in [-0.15, -0.1) is 0 Å². The van der Waals surface area contributed by atoms with Crippen LogP contribution in [0.4, 0.5) is 0 Å². The Labute approximate surface area is 100 Å². The molecule has 0 unspecified atom stereocenters. The molecule has 0 atom stereocenters. The van der Waals surface area contributed by atoms with Crippen molar-refractivity contribution in [2.75, 3.05) is 13.2 Å². The number of carbonyl (C=O) groups is 2. The first kappa shape index (κ1) is 13.2. The molecular formula is C12H16N2O3. The van der Waals surface area contributed by atoms with E-state index in [2.05, 4.69) is 10.3 Å². The molecule has 5 nitrogen and oxygen atoms in total. The van der Waals surface area contributed by atoms with E-state index in [0.717, 1.165) is 5.56 Å². The summed E-state index contributed by atoms with van der Waals surface area (Å²) in [6, 6.07) is 3.57. The summed E-state index contributed by atoms with van der Waals surface area (Å²) in [5.41, 5.74) is 0.897. The minimum atomic E-state index is -0.295. The van der Waals surface area contributed by atoms with Crippen molar-refractivity contribution in [1.82, 2.24) is 10.3 Å². The monoisotopic (exact) mass is 236 g/mol. The Morgan fingerprint density at radius 3 is 2.71 bits per heavy atom. The number of esters is 1. The Hall–Kier alpha value is -1.91. The van der Waals surface area contributed by atoms with Gasteiger partial charge in [0.15, 0.2) is 0 Å². The third-order valence-electron chi connectivity index (χ3n) is 2.07. The van der Waals surface area contributed by atoms with Crippen LogP contribution in [-0.4, -0.2) is 30.0 Å². The van der Waals surface area contributed by atoms with Crippen LogP contribution in [0.2, 0.25) is 0 Å². The van der Waals surface area contributed by atoms with Gasteiger partial charge in [-0.05, 0) is 24.6 Å². The minimum absolute atomic E-state index is 0.111. The molecule has 0 bridgehead atoms. The molecular weight excluding hydrogens is 220 g/mol. The third kappa shape index (κ3) is 5.65. The standard InChI is InChI=1S/C12H16N2O3/c1-2-17-12(16)5-8-14-11(15)9-10-3-6-13-7-4-10/h3-4,6-7H,2,5,8-9H2,1H3,(H,14,15). The first-order chi connectivity index (χ1) is 8.22. The third-order valence-corrected chi connectivity index (χ3v) is 2.07. The van der Waals surface area contributed by atoms with E-state index in [-0.39, 0.29) is 18.3 Å². The van der Waals surface area contributed by atoms with Crippen LogP contribution in [0.5, 0.6) is 0 Å². The van der Waals surface area contributed by atoms with Crippen LogP contribution >= 0.6 is 0 Å². The van der Waals surface area contributed by atoms with Crippen LogP contribution in [-0.2, 0) is 20.7 Å². The van der Waals surface area contributed by atoms with Gasteiger partial charge >= 0.3 is 5.97 Å². The van der Waals surface area contributed by atoms with E-state index >= 15 is 0 Å². The lowest BCUT2D eigenvalue weighted by atomic mass is 10.2. The summed E-state index contributed by atoms with van der Waals surface area (Å²) in [4.78, 5) is 26.3. The van der Waals surface area contributed by atoms with Gasteiger partial charge in [0.05, 0.1) is 19.4 Å². The normalized spacial score (nSPS) is 9.71. The predicted octanol–water partition coefficient (Wildman–Crippen LogP) is 0.693. The SMILES string of the molecule is CCOC(=O)CCNC(=O)Cc1ccncc1. The molecule has 5 heteroatoms. The molecule has 92 valence electrons. The van der Waals surface area contributed by atoms with Crippen molar-refractivity contribution >= 4 is 11.9 Å². The number of hydrogen-bond donors (Lipinski definition) is 1. The summed E-state index contributed by atoms with van der Waals surface area (Å²) in [5.74, 6) is -0.405. The van der Waals surface area contributed by atoms with Gasteiger partial charge in [0.25, 0.3) is 0 Å². The Kier molecular flexibility index (Phi) is 5.71. The lowest BCUT2D eigenvalue weighted by Gasteiger charge is -2.05. The first-order valence-corrected chi connectivity index (χ1v) is 5.53. The van der Waals surface area contributed by atoms with E-state index in [0.29, 0.717) is 19.6 Å². The Bertz CT molecular complexity index is 365. The summed E-state index contributed by atoms with van der Waals surface area (Å²) in [5, 5.41) is 2.66. The Morgan fingerprint density at radius 2 is 2.06 bits per heavy atom. The number of aromatic nitrogens is 1. The van der Waals surface area contributed by atoms with Crippen molar-refractivity contribution in [3.63, 3.8) is 0 Å². The van der Waals surface area contributed by atoms with Crippen LogP contribution < -0.4 is 5.32 Å². The van der Waals surface area contributed by atoms with Gasteiger partial charge in [0.1, 0.15) is 0 Å². The summed E-state index contributed by atoms with van der Waals surface area (Å²) in [6.07, 6.45) is 3.78. The molecule has 1 aromatic heterocycles. The van der Waals surface area contributed by atoms with E-state index in [1.807, 2.05) is 0 Å². The highest BCUT2D eigenvalue weighted by molar-refractivity contribution is 5.79. The molecule has 0 saturated carbocycles. The number of hydrogen-bond acceptors (Lipinski definition) is 4. The van der Waals surface area contributed by atoms with Gasteiger partial charge in [-0.3, -0.25) is 14.6 Å². The second-order valence-electron chi connectivity index (χ2n) is 3.44. The quantitative estimate of drug-likeness (QED) is 0.738. The minimum Gasteiger partial charge on any atom is -0.466 e. The number of pyridine rings is 1. The molecule has 1 heterocycles. The van der Waals surface area contributed by atoms with Crippen molar-refractivity contribution in [2.45, 2.75) is 19.8 Å². The predicted molar refractivity (Wildman–Crippen MR) is 62.2 cm³/mol. The number of nitrogens with one attached hydrogen (secondary N) is 1. The van der Waals surface area contributed by atoms with E-state index < -0.39 is 0 Å². The highest BCUT2D eigenvalue weighted by Gasteiger charge is 2.05. The molecule has 1 rings (SSSR count). The lowest BCUT2D eigenvalue weighted by Crippen LogP contribution is -2.27. The summed E-state index contributed by atoms with van der Waals surface area (Å²) in [6.45, 7) is 2.42. The average molecular weight is 236 g/mol.